The Hall–Kier alpha value is -1.68. The Bertz CT molecular complexity index is 490. The van der Waals surface area contributed by atoms with Crippen molar-refractivity contribution in [2.45, 2.75) is 25.8 Å². The number of hydrogen-bond acceptors (Lipinski definition) is 3. The van der Waals surface area contributed by atoms with Crippen LogP contribution < -0.4 is 5.32 Å². The number of carbonyl (C=O) groups excluding carboxylic acids is 2. The molecule has 0 bridgehead atoms. The van der Waals surface area contributed by atoms with Crippen molar-refractivity contribution in [3.63, 3.8) is 0 Å². The standard InChI is InChI=1S/C15H18N2O2/c18-13-10-15(14(19)16-13)6-8-17(9-7-15)11-12-4-2-1-3-5-12/h1-5H,6-11H2,(H,16,18,19). The molecule has 19 heavy (non-hydrogen) atoms. The highest BCUT2D eigenvalue weighted by Gasteiger charge is 2.47. The molecule has 0 aromatic heterocycles. The minimum atomic E-state index is -0.412. The Morgan fingerprint density at radius 2 is 1.79 bits per heavy atom. The molecule has 0 aliphatic carbocycles. The molecule has 1 aromatic carbocycles. The SMILES string of the molecule is O=C1CC2(CCN(Cc3ccccc3)CC2)C(=O)N1. The molecule has 0 atom stereocenters. The minimum Gasteiger partial charge on any atom is -0.299 e. The van der Waals surface area contributed by atoms with Gasteiger partial charge in [-0.25, -0.2) is 0 Å². The molecule has 4 nitrogen and oxygen atoms in total. The van der Waals surface area contributed by atoms with Gasteiger partial charge in [0.2, 0.25) is 11.8 Å². The number of carbonyl (C=O) groups is 2. The van der Waals surface area contributed by atoms with Crippen LogP contribution in [-0.2, 0) is 16.1 Å². The summed E-state index contributed by atoms with van der Waals surface area (Å²) in [4.78, 5) is 25.6. The fourth-order valence-electron chi connectivity index (χ4n) is 3.08. The van der Waals surface area contributed by atoms with E-state index in [2.05, 4.69) is 22.3 Å². The van der Waals surface area contributed by atoms with Crippen LogP contribution in [0.4, 0.5) is 0 Å². The second-order valence-electron chi connectivity index (χ2n) is 5.60. The lowest BCUT2D eigenvalue weighted by atomic mass is 9.77. The normalized spacial score (nSPS) is 22.7. The van der Waals surface area contributed by atoms with Gasteiger partial charge in [-0.2, -0.15) is 0 Å². The summed E-state index contributed by atoms with van der Waals surface area (Å²) in [6.07, 6.45) is 1.96. The maximum Gasteiger partial charge on any atom is 0.233 e. The maximum absolute atomic E-state index is 11.9. The number of amides is 2. The van der Waals surface area contributed by atoms with Gasteiger partial charge in [0.15, 0.2) is 0 Å². The molecular formula is C15H18N2O2. The summed E-state index contributed by atoms with van der Waals surface area (Å²) < 4.78 is 0. The number of rotatable bonds is 2. The predicted molar refractivity (Wildman–Crippen MR) is 71.2 cm³/mol. The lowest BCUT2D eigenvalue weighted by Crippen LogP contribution is -2.43. The first-order valence-electron chi connectivity index (χ1n) is 6.79. The van der Waals surface area contributed by atoms with E-state index in [0.717, 1.165) is 32.5 Å². The van der Waals surface area contributed by atoms with E-state index in [0.29, 0.717) is 6.42 Å². The quantitative estimate of drug-likeness (QED) is 0.814. The topological polar surface area (TPSA) is 49.4 Å². The van der Waals surface area contributed by atoms with E-state index in [1.165, 1.54) is 5.56 Å². The molecule has 2 fully saturated rings. The van der Waals surface area contributed by atoms with Crippen molar-refractivity contribution in [3.8, 4) is 0 Å². The lowest BCUT2D eigenvalue weighted by molar-refractivity contribution is -0.130. The largest absolute Gasteiger partial charge is 0.299 e. The van der Waals surface area contributed by atoms with E-state index in [9.17, 15) is 9.59 Å². The van der Waals surface area contributed by atoms with Gasteiger partial charge in [-0.15, -0.1) is 0 Å². The highest BCUT2D eigenvalue weighted by molar-refractivity contribution is 6.05. The second-order valence-corrected chi connectivity index (χ2v) is 5.60. The molecule has 2 aliphatic rings. The fraction of sp³-hybridized carbons (Fsp3) is 0.467. The molecule has 3 rings (SSSR count). The zero-order valence-corrected chi connectivity index (χ0v) is 10.9. The monoisotopic (exact) mass is 258 g/mol. The summed E-state index contributed by atoms with van der Waals surface area (Å²) in [5, 5.41) is 2.45. The summed E-state index contributed by atoms with van der Waals surface area (Å²) in [5.41, 5.74) is 0.884. The molecule has 2 heterocycles. The van der Waals surface area contributed by atoms with Crippen molar-refractivity contribution in [3.05, 3.63) is 35.9 Å². The Kier molecular flexibility index (Phi) is 3.11. The molecule has 0 radical (unpaired) electrons. The Balaban J connectivity index is 1.61. The molecule has 0 unspecified atom stereocenters. The van der Waals surface area contributed by atoms with Crippen molar-refractivity contribution in [2.75, 3.05) is 13.1 Å². The van der Waals surface area contributed by atoms with Crippen LogP contribution in [0.3, 0.4) is 0 Å². The molecule has 2 aliphatic heterocycles. The zero-order chi connectivity index (χ0) is 13.3. The first-order valence-corrected chi connectivity index (χ1v) is 6.79. The smallest absolute Gasteiger partial charge is 0.233 e. The molecule has 100 valence electrons. The van der Waals surface area contributed by atoms with Crippen LogP contribution in [0, 0.1) is 5.41 Å². The summed E-state index contributed by atoms with van der Waals surface area (Å²) >= 11 is 0. The number of benzene rings is 1. The Morgan fingerprint density at radius 3 is 2.37 bits per heavy atom. The van der Waals surface area contributed by atoms with Crippen molar-refractivity contribution in [1.29, 1.82) is 0 Å². The van der Waals surface area contributed by atoms with E-state index in [1.54, 1.807) is 0 Å². The molecule has 2 saturated heterocycles. The van der Waals surface area contributed by atoms with Gasteiger partial charge in [0.1, 0.15) is 0 Å². The van der Waals surface area contributed by atoms with Crippen LogP contribution in [0.1, 0.15) is 24.8 Å². The van der Waals surface area contributed by atoms with Gasteiger partial charge in [0.05, 0.1) is 5.41 Å². The second kappa shape index (κ2) is 4.78. The summed E-state index contributed by atoms with van der Waals surface area (Å²) in [5.74, 6) is -0.168. The number of hydrogen-bond donors (Lipinski definition) is 1. The summed E-state index contributed by atoms with van der Waals surface area (Å²) in [6.45, 7) is 2.69. The summed E-state index contributed by atoms with van der Waals surface area (Å²) in [6, 6.07) is 10.4. The molecule has 1 N–H and O–H groups in total. The molecular weight excluding hydrogens is 240 g/mol. The number of likely N-dealkylation sites (tertiary alicyclic amines) is 1. The number of imide groups is 1. The first-order chi connectivity index (χ1) is 9.18. The zero-order valence-electron chi connectivity index (χ0n) is 10.9. The van der Waals surface area contributed by atoms with E-state index in [-0.39, 0.29) is 11.8 Å². The Morgan fingerprint density at radius 1 is 1.11 bits per heavy atom. The van der Waals surface area contributed by atoms with Gasteiger partial charge in [0, 0.05) is 13.0 Å². The van der Waals surface area contributed by atoms with E-state index in [4.69, 9.17) is 0 Å². The number of nitrogens with one attached hydrogen (secondary N) is 1. The van der Waals surface area contributed by atoms with Crippen molar-refractivity contribution in [2.24, 2.45) is 5.41 Å². The van der Waals surface area contributed by atoms with Crippen LogP contribution in [0.2, 0.25) is 0 Å². The molecule has 1 aromatic rings. The van der Waals surface area contributed by atoms with Gasteiger partial charge >= 0.3 is 0 Å². The molecule has 4 heteroatoms. The van der Waals surface area contributed by atoms with Gasteiger partial charge in [-0.1, -0.05) is 30.3 Å². The van der Waals surface area contributed by atoms with E-state index in [1.807, 2.05) is 18.2 Å². The average Bonchev–Trinajstić information content (AvgIpc) is 2.68. The third-order valence-electron chi connectivity index (χ3n) is 4.30. The van der Waals surface area contributed by atoms with Crippen molar-refractivity contribution >= 4 is 11.8 Å². The summed E-state index contributed by atoms with van der Waals surface area (Å²) in [7, 11) is 0. The van der Waals surface area contributed by atoms with Crippen LogP contribution in [-0.4, -0.2) is 29.8 Å². The van der Waals surface area contributed by atoms with Crippen LogP contribution >= 0.6 is 0 Å². The highest BCUT2D eigenvalue weighted by Crippen LogP contribution is 2.38. The third-order valence-corrected chi connectivity index (χ3v) is 4.30. The van der Waals surface area contributed by atoms with E-state index >= 15 is 0 Å². The fourth-order valence-corrected chi connectivity index (χ4v) is 3.08. The van der Waals surface area contributed by atoms with Gasteiger partial charge < -0.3 is 0 Å². The average molecular weight is 258 g/mol. The van der Waals surface area contributed by atoms with Crippen LogP contribution in [0.25, 0.3) is 0 Å². The van der Waals surface area contributed by atoms with Crippen LogP contribution in [0.5, 0.6) is 0 Å². The molecule has 1 spiro atoms. The lowest BCUT2D eigenvalue weighted by Gasteiger charge is -2.36. The van der Waals surface area contributed by atoms with Gasteiger partial charge in [-0.05, 0) is 31.5 Å². The Labute approximate surface area is 112 Å². The first kappa shape index (κ1) is 12.4. The minimum absolute atomic E-state index is 0.0585. The van der Waals surface area contributed by atoms with Crippen molar-refractivity contribution < 1.29 is 9.59 Å². The highest BCUT2D eigenvalue weighted by atomic mass is 16.2. The number of piperidine rings is 1. The molecule has 0 saturated carbocycles. The third kappa shape index (κ3) is 2.40. The van der Waals surface area contributed by atoms with Crippen molar-refractivity contribution in [1.82, 2.24) is 10.2 Å². The van der Waals surface area contributed by atoms with E-state index < -0.39 is 5.41 Å². The van der Waals surface area contributed by atoms with Crippen LogP contribution in [0.15, 0.2) is 30.3 Å². The van der Waals surface area contributed by atoms with Gasteiger partial charge in [0.25, 0.3) is 0 Å². The maximum atomic E-state index is 11.9. The number of nitrogens with zero attached hydrogens (tertiary/aromatic N) is 1. The predicted octanol–water partition coefficient (Wildman–Crippen LogP) is 1.32. The molecule has 2 amide bonds. The van der Waals surface area contributed by atoms with Gasteiger partial charge in [-0.3, -0.25) is 19.8 Å².